The number of ketones is 2. The van der Waals surface area contributed by atoms with E-state index in [2.05, 4.69) is 15.9 Å². The lowest BCUT2D eigenvalue weighted by molar-refractivity contribution is -0.135. The summed E-state index contributed by atoms with van der Waals surface area (Å²) in [6.45, 7) is 3.29. The van der Waals surface area contributed by atoms with Crippen LogP contribution < -0.4 is 4.74 Å². The molecule has 4 heteroatoms. The van der Waals surface area contributed by atoms with Gasteiger partial charge in [0.1, 0.15) is 10.6 Å². The molecule has 1 aromatic rings. The molecule has 0 saturated heterocycles. The molecule has 0 aromatic heterocycles. The number of rotatable bonds is 5. The van der Waals surface area contributed by atoms with Gasteiger partial charge in [0.25, 0.3) is 0 Å². The summed E-state index contributed by atoms with van der Waals surface area (Å²) in [4.78, 5) is 22.0. The van der Waals surface area contributed by atoms with Gasteiger partial charge in [-0.1, -0.05) is 35.0 Å². The number of aryl methyl sites for hydroxylation is 1. The van der Waals surface area contributed by atoms with Gasteiger partial charge in [-0.25, -0.2) is 0 Å². The Labute approximate surface area is 109 Å². The second-order valence-electron chi connectivity index (χ2n) is 3.71. The average Bonchev–Trinajstić information content (AvgIpc) is 2.35. The van der Waals surface area contributed by atoms with Gasteiger partial charge in [-0.2, -0.15) is 0 Å². The van der Waals surface area contributed by atoms with Gasteiger partial charge in [0.2, 0.25) is 5.78 Å². The third-order valence-corrected chi connectivity index (χ3v) is 3.50. The SMILES string of the molecule is CCc1cc(C(Br)C(=O)C(C)=O)ccc1OC. The number of methoxy groups -OCH3 is 1. The van der Waals surface area contributed by atoms with E-state index < -0.39 is 16.4 Å². The fourth-order valence-electron chi connectivity index (χ4n) is 1.56. The zero-order chi connectivity index (χ0) is 13.0. The highest BCUT2D eigenvalue weighted by atomic mass is 79.9. The standard InChI is InChI=1S/C13H15BrO3/c1-4-9-7-10(5-6-11(9)17-3)12(14)13(16)8(2)15/h5-7,12H,4H2,1-3H3. The van der Waals surface area contributed by atoms with Crippen molar-refractivity contribution in [3.05, 3.63) is 29.3 Å². The third-order valence-electron chi connectivity index (χ3n) is 2.56. The highest BCUT2D eigenvalue weighted by molar-refractivity contribution is 9.09. The first kappa shape index (κ1) is 13.9. The van der Waals surface area contributed by atoms with Gasteiger partial charge < -0.3 is 4.74 Å². The molecule has 0 aliphatic rings. The molecule has 1 rings (SSSR count). The summed E-state index contributed by atoms with van der Waals surface area (Å²) in [5.74, 6) is -0.0795. The highest BCUT2D eigenvalue weighted by Gasteiger charge is 2.21. The zero-order valence-electron chi connectivity index (χ0n) is 10.1. The zero-order valence-corrected chi connectivity index (χ0v) is 11.7. The molecule has 0 N–H and O–H groups in total. The van der Waals surface area contributed by atoms with Crippen LogP contribution in [-0.4, -0.2) is 18.7 Å². The Morgan fingerprint density at radius 3 is 2.53 bits per heavy atom. The van der Waals surface area contributed by atoms with E-state index in [0.717, 1.165) is 23.3 Å². The largest absolute Gasteiger partial charge is 0.496 e. The van der Waals surface area contributed by atoms with E-state index in [4.69, 9.17) is 4.74 Å². The van der Waals surface area contributed by atoms with E-state index in [1.807, 2.05) is 19.1 Å². The van der Waals surface area contributed by atoms with E-state index in [0.29, 0.717) is 0 Å². The minimum absolute atomic E-state index is 0.433. The first-order valence-electron chi connectivity index (χ1n) is 5.36. The average molecular weight is 299 g/mol. The predicted molar refractivity (Wildman–Crippen MR) is 69.7 cm³/mol. The number of hydrogen-bond acceptors (Lipinski definition) is 3. The molecule has 0 aliphatic carbocycles. The van der Waals surface area contributed by atoms with Crippen molar-refractivity contribution in [2.45, 2.75) is 25.1 Å². The number of carbonyl (C=O) groups excluding carboxylic acids is 2. The summed E-state index contributed by atoms with van der Waals surface area (Å²) in [5, 5.41) is 0. The molecule has 0 radical (unpaired) electrons. The Bertz CT molecular complexity index is 440. The van der Waals surface area contributed by atoms with Gasteiger partial charge in [0.05, 0.1) is 7.11 Å². The van der Waals surface area contributed by atoms with Crippen molar-refractivity contribution < 1.29 is 14.3 Å². The Balaban J connectivity index is 3.07. The van der Waals surface area contributed by atoms with Gasteiger partial charge >= 0.3 is 0 Å². The summed E-state index contributed by atoms with van der Waals surface area (Å²) < 4.78 is 5.21. The quantitative estimate of drug-likeness (QED) is 0.620. The van der Waals surface area contributed by atoms with Gasteiger partial charge in [-0.15, -0.1) is 0 Å². The second-order valence-corrected chi connectivity index (χ2v) is 4.62. The van der Waals surface area contributed by atoms with E-state index >= 15 is 0 Å². The molecular formula is C13H15BrO3. The summed E-state index contributed by atoms with van der Waals surface area (Å²) in [7, 11) is 1.61. The van der Waals surface area contributed by atoms with Crippen LogP contribution in [0.15, 0.2) is 18.2 Å². The van der Waals surface area contributed by atoms with Crippen molar-refractivity contribution in [2.24, 2.45) is 0 Å². The van der Waals surface area contributed by atoms with Crippen LogP contribution in [0.3, 0.4) is 0 Å². The lowest BCUT2D eigenvalue weighted by atomic mass is 10.0. The van der Waals surface area contributed by atoms with E-state index in [9.17, 15) is 9.59 Å². The summed E-state index contributed by atoms with van der Waals surface area (Å²) in [5.41, 5.74) is 1.80. The molecule has 0 saturated carbocycles. The van der Waals surface area contributed by atoms with E-state index in [-0.39, 0.29) is 0 Å². The van der Waals surface area contributed by atoms with Gasteiger partial charge in [0.15, 0.2) is 5.78 Å². The van der Waals surface area contributed by atoms with Crippen molar-refractivity contribution in [2.75, 3.05) is 7.11 Å². The van der Waals surface area contributed by atoms with E-state index in [1.165, 1.54) is 6.92 Å². The fourth-order valence-corrected chi connectivity index (χ4v) is 2.17. The van der Waals surface area contributed by atoms with Crippen molar-refractivity contribution >= 4 is 27.5 Å². The first-order chi connectivity index (χ1) is 8.01. The number of alkyl halides is 1. The number of ether oxygens (including phenoxy) is 1. The smallest absolute Gasteiger partial charge is 0.216 e. The van der Waals surface area contributed by atoms with Crippen LogP contribution in [0.5, 0.6) is 5.75 Å². The Kier molecular flexibility index (Phi) is 4.87. The molecule has 1 atom stereocenters. The van der Waals surface area contributed by atoms with Gasteiger partial charge in [-0.05, 0) is 23.6 Å². The van der Waals surface area contributed by atoms with Gasteiger partial charge in [-0.3, -0.25) is 9.59 Å². The maximum Gasteiger partial charge on any atom is 0.216 e. The first-order valence-corrected chi connectivity index (χ1v) is 6.28. The summed E-state index contributed by atoms with van der Waals surface area (Å²) in [6.07, 6.45) is 0.811. The maximum absolute atomic E-state index is 11.6. The molecule has 3 nitrogen and oxygen atoms in total. The molecule has 1 unspecified atom stereocenters. The molecule has 1 aromatic carbocycles. The fraction of sp³-hybridized carbons (Fsp3) is 0.385. The van der Waals surface area contributed by atoms with Crippen LogP contribution in [0.1, 0.15) is 29.8 Å². The molecule has 0 heterocycles. The lowest BCUT2D eigenvalue weighted by Crippen LogP contribution is -2.15. The topological polar surface area (TPSA) is 43.4 Å². The molecule has 92 valence electrons. The van der Waals surface area contributed by atoms with Crippen LogP contribution in [0.4, 0.5) is 0 Å². The number of carbonyl (C=O) groups is 2. The van der Waals surface area contributed by atoms with Crippen molar-refractivity contribution in [3.63, 3.8) is 0 Å². The number of Topliss-reactive ketones (excluding diaryl/α,β-unsaturated/α-hetero) is 2. The number of benzene rings is 1. The molecular weight excluding hydrogens is 284 g/mol. The molecule has 17 heavy (non-hydrogen) atoms. The van der Waals surface area contributed by atoms with Gasteiger partial charge in [0, 0.05) is 6.92 Å². The lowest BCUT2D eigenvalue weighted by Gasteiger charge is -2.12. The van der Waals surface area contributed by atoms with Crippen molar-refractivity contribution in [1.29, 1.82) is 0 Å². The third kappa shape index (κ3) is 3.16. The molecule has 0 fully saturated rings. The number of halogens is 1. The highest BCUT2D eigenvalue weighted by Crippen LogP contribution is 2.29. The molecule has 0 spiro atoms. The van der Waals surface area contributed by atoms with Crippen LogP contribution in [0.25, 0.3) is 0 Å². The normalized spacial score (nSPS) is 12.0. The minimum Gasteiger partial charge on any atom is -0.496 e. The van der Waals surface area contributed by atoms with Crippen LogP contribution in [0, 0.1) is 0 Å². The Morgan fingerprint density at radius 2 is 2.06 bits per heavy atom. The minimum atomic E-state index is -0.573. The summed E-state index contributed by atoms with van der Waals surface area (Å²) in [6, 6.07) is 5.49. The second kappa shape index (κ2) is 5.96. The Morgan fingerprint density at radius 1 is 1.41 bits per heavy atom. The molecule has 0 amide bonds. The predicted octanol–water partition coefficient (Wildman–Crippen LogP) is 2.85. The van der Waals surface area contributed by atoms with Crippen LogP contribution in [0.2, 0.25) is 0 Å². The number of hydrogen-bond donors (Lipinski definition) is 0. The maximum atomic E-state index is 11.6. The molecule has 0 bridgehead atoms. The monoisotopic (exact) mass is 298 g/mol. The summed E-state index contributed by atoms with van der Waals surface area (Å²) >= 11 is 3.25. The van der Waals surface area contributed by atoms with E-state index in [1.54, 1.807) is 13.2 Å². The van der Waals surface area contributed by atoms with Crippen molar-refractivity contribution in [1.82, 2.24) is 0 Å². The van der Waals surface area contributed by atoms with Crippen LogP contribution in [-0.2, 0) is 16.0 Å². The molecule has 0 aliphatic heterocycles. The van der Waals surface area contributed by atoms with Crippen molar-refractivity contribution in [3.8, 4) is 5.75 Å². The Hall–Kier alpha value is -1.16. The van der Waals surface area contributed by atoms with Crippen LogP contribution >= 0.6 is 15.9 Å².